The highest BCUT2D eigenvalue weighted by molar-refractivity contribution is 7.72. The summed E-state index contributed by atoms with van der Waals surface area (Å²) in [5.41, 5.74) is -0.132. The fourth-order valence-electron chi connectivity index (χ4n) is 3.61. The van der Waals surface area contributed by atoms with Gasteiger partial charge in [0.1, 0.15) is 28.1 Å². The van der Waals surface area contributed by atoms with E-state index in [4.69, 9.17) is 23.7 Å². The minimum Gasteiger partial charge on any atom is -0.496 e. The molecule has 1 atom stereocenters. The second-order valence-electron chi connectivity index (χ2n) is 6.96. The number of carbonyl (C=O) groups is 2. The second kappa shape index (κ2) is 10.9. The van der Waals surface area contributed by atoms with Gasteiger partial charge in [0.05, 0.1) is 41.1 Å². The molecular formula is C25H25O8P. The molecule has 178 valence electrons. The van der Waals surface area contributed by atoms with Gasteiger partial charge in [0.2, 0.25) is 5.52 Å². The first-order chi connectivity index (χ1) is 16.4. The van der Waals surface area contributed by atoms with Gasteiger partial charge in [-0.15, -0.1) is 0 Å². The molecule has 0 aliphatic carbocycles. The lowest BCUT2D eigenvalue weighted by Gasteiger charge is -2.19. The Balaban J connectivity index is 2.22. The van der Waals surface area contributed by atoms with Crippen LogP contribution in [0.1, 0.15) is 26.3 Å². The Labute approximate surface area is 198 Å². The Kier molecular flexibility index (Phi) is 7.97. The molecule has 0 aliphatic rings. The van der Waals surface area contributed by atoms with Crippen molar-refractivity contribution in [3.63, 3.8) is 0 Å². The molecule has 0 radical (unpaired) electrons. The summed E-state index contributed by atoms with van der Waals surface area (Å²) in [5, 5.41) is -0.00517. The van der Waals surface area contributed by atoms with Gasteiger partial charge in [-0.05, 0) is 18.2 Å². The van der Waals surface area contributed by atoms with Gasteiger partial charge >= 0.3 is 0 Å². The van der Waals surface area contributed by atoms with Crippen LogP contribution < -0.4 is 29.0 Å². The summed E-state index contributed by atoms with van der Waals surface area (Å²) >= 11 is 0. The molecule has 0 bridgehead atoms. The SMILES string of the molecule is COc1cccc(OC)c1C(=O)[PH](=O)c1c(OC)cc(C(=O)c2ccccc2)c(OC)c1OC. The van der Waals surface area contributed by atoms with Crippen LogP contribution in [-0.4, -0.2) is 46.9 Å². The molecule has 1 unspecified atom stereocenters. The van der Waals surface area contributed by atoms with Crippen LogP contribution in [-0.2, 0) is 4.57 Å². The van der Waals surface area contributed by atoms with E-state index in [1.54, 1.807) is 48.5 Å². The Morgan fingerprint density at radius 2 is 1.24 bits per heavy atom. The molecule has 0 saturated heterocycles. The van der Waals surface area contributed by atoms with E-state index in [1.165, 1.54) is 41.6 Å². The Morgan fingerprint density at radius 1 is 0.676 bits per heavy atom. The van der Waals surface area contributed by atoms with Crippen molar-refractivity contribution in [3.05, 3.63) is 71.3 Å². The largest absolute Gasteiger partial charge is 0.496 e. The molecule has 0 aliphatic heterocycles. The first-order valence-corrected chi connectivity index (χ1v) is 11.6. The molecule has 0 fully saturated rings. The van der Waals surface area contributed by atoms with Gasteiger partial charge in [0.15, 0.2) is 25.1 Å². The van der Waals surface area contributed by atoms with Crippen molar-refractivity contribution in [1.82, 2.24) is 0 Å². The summed E-state index contributed by atoms with van der Waals surface area (Å²) in [5.74, 6) is 0.158. The number of ether oxygens (including phenoxy) is 5. The predicted molar refractivity (Wildman–Crippen MR) is 128 cm³/mol. The average Bonchev–Trinajstić information content (AvgIpc) is 2.90. The van der Waals surface area contributed by atoms with E-state index < -0.39 is 13.3 Å². The summed E-state index contributed by atoms with van der Waals surface area (Å²) < 4.78 is 40.7. The fraction of sp³-hybridized carbons (Fsp3) is 0.200. The molecule has 0 spiro atoms. The summed E-state index contributed by atoms with van der Waals surface area (Å²) in [6.45, 7) is 0. The predicted octanol–water partition coefficient (Wildman–Crippen LogP) is 3.99. The molecule has 3 aromatic rings. The zero-order valence-electron chi connectivity index (χ0n) is 19.5. The summed E-state index contributed by atoms with van der Waals surface area (Å²) in [6, 6.07) is 14.8. The molecule has 0 amide bonds. The minimum atomic E-state index is -3.27. The summed E-state index contributed by atoms with van der Waals surface area (Å²) in [7, 11) is 3.57. The van der Waals surface area contributed by atoms with Crippen molar-refractivity contribution in [2.45, 2.75) is 0 Å². The van der Waals surface area contributed by atoms with Crippen LogP contribution in [0.3, 0.4) is 0 Å². The van der Waals surface area contributed by atoms with Gasteiger partial charge in [-0.1, -0.05) is 36.4 Å². The first kappa shape index (κ1) is 24.9. The molecule has 34 heavy (non-hydrogen) atoms. The third kappa shape index (κ3) is 4.50. The molecule has 3 aromatic carbocycles. The van der Waals surface area contributed by atoms with Crippen LogP contribution in [0, 0.1) is 0 Å². The quantitative estimate of drug-likeness (QED) is 0.315. The monoisotopic (exact) mass is 484 g/mol. The standard InChI is InChI=1S/C25H25O8P/c1-29-17-12-9-13-18(30-2)20(17)25(27)34(28)24-19(31-3)14-16(22(32-4)23(24)33-5)21(26)15-10-7-6-8-11-15/h6-14,34H,1-5H3. The van der Waals surface area contributed by atoms with Crippen LogP contribution in [0.2, 0.25) is 0 Å². The van der Waals surface area contributed by atoms with Crippen molar-refractivity contribution in [2.24, 2.45) is 0 Å². The van der Waals surface area contributed by atoms with Gasteiger partial charge in [-0.2, -0.15) is 0 Å². The van der Waals surface area contributed by atoms with Crippen molar-refractivity contribution in [2.75, 3.05) is 35.5 Å². The number of ketones is 1. The zero-order chi connectivity index (χ0) is 24.8. The van der Waals surface area contributed by atoms with Crippen molar-refractivity contribution in [3.8, 4) is 28.7 Å². The van der Waals surface area contributed by atoms with Crippen LogP contribution in [0.4, 0.5) is 0 Å². The number of carbonyl (C=O) groups excluding carboxylic acids is 2. The number of rotatable bonds is 10. The molecule has 8 nitrogen and oxygen atoms in total. The Bertz CT molecular complexity index is 1220. The number of hydrogen-bond acceptors (Lipinski definition) is 8. The smallest absolute Gasteiger partial charge is 0.230 e. The number of hydrogen-bond donors (Lipinski definition) is 0. The van der Waals surface area contributed by atoms with Gasteiger partial charge in [0, 0.05) is 5.56 Å². The third-order valence-corrected chi connectivity index (χ3v) is 6.79. The van der Waals surface area contributed by atoms with Crippen LogP contribution in [0.25, 0.3) is 0 Å². The highest BCUT2D eigenvalue weighted by atomic mass is 31.1. The zero-order valence-corrected chi connectivity index (χ0v) is 20.5. The Morgan fingerprint density at radius 3 is 1.74 bits per heavy atom. The molecular weight excluding hydrogens is 459 g/mol. The maximum Gasteiger partial charge on any atom is 0.230 e. The lowest BCUT2D eigenvalue weighted by molar-refractivity contribution is 0.103. The molecule has 0 heterocycles. The van der Waals surface area contributed by atoms with Crippen molar-refractivity contribution >= 4 is 24.4 Å². The molecule has 0 saturated carbocycles. The molecule has 0 N–H and O–H groups in total. The van der Waals surface area contributed by atoms with E-state index in [2.05, 4.69) is 0 Å². The summed E-state index contributed by atoms with van der Waals surface area (Å²) in [4.78, 5) is 26.6. The highest BCUT2D eigenvalue weighted by Gasteiger charge is 2.33. The molecule has 3 rings (SSSR count). The van der Waals surface area contributed by atoms with E-state index in [0.717, 1.165) is 0 Å². The third-order valence-electron chi connectivity index (χ3n) is 5.20. The van der Waals surface area contributed by atoms with Crippen molar-refractivity contribution in [1.29, 1.82) is 0 Å². The average molecular weight is 484 g/mol. The van der Waals surface area contributed by atoms with Crippen LogP contribution in [0.5, 0.6) is 28.7 Å². The topological polar surface area (TPSA) is 97.4 Å². The molecule has 9 heteroatoms. The van der Waals surface area contributed by atoms with E-state index in [1.807, 2.05) is 0 Å². The van der Waals surface area contributed by atoms with Crippen molar-refractivity contribution < 1.29 is 37.8 Å². The highest BCUT2D eigenvalue weighted by Crippen LogP contribution is 2.45. The van der Waals surface area contributed by atoms with Gasteiger partial charge in [-0.3, -0.25) is 9.59 Å². The van der Waals surface area contributed by atoms with E-state index in [9.17, 15) is 14.2 Å². The maximum atomic E-state index is 13.7. The van der Waals surface area contributed by atoms with Crippen LogP contribution in [0.15, 0.2) is 54.6 Å². The van der Waals surface area contributed by atoms with Gasteiger partial charge < -0.3 is 28.2 Å². The lowest BCUT2D eigenvalue weighted by atomic mass is 10.0. The lowest BCUT2D eigenvalue weighted by Crippen LogP contribution is -2.16. The minimum absolute atomic E-state index is 0.00517. The van der Waals surface area contributed by atoms with E-state index in [-0.39, 0.29) is 51.0 Å². The molecule has 0 aromatic heterocycles. The Hall–Kier alpha value is -3.77. The summed E-state index contributed by atoms with van der Waals surface area (Å²) in [6.07, 6.45) is 0. The number of methoxy groups -OCH3 is 5. The van der Waals surface area contributed by atoms with Gasteiger partial charge in [-0.25, -0.2) is 0 Å². The second-order valence-corrected chi connectivity index (χ2v) is 8.57. The fourth-order valence-corrected chi connectivity index (χ4v) is 5.13. The van der Waals surface area contributed by atoms with E-state index in [0.29, 0.717) is 5.56 Å². The normalized spacial score (nSPS) is 11.3. The van der Waals surface area contributed by atoms with E-state index >= 15 is 0 Å². The van der Waals surface area contributed by atoms with Crippen LogP contribution >= 0.6 is 7.80 Å². The maximum absolute atomic E-state index is 13.7. The van der Waals surface area contributed by atoms with Gasteiger partial charge in [0.25, 0.3) is 0 Å². The first-order valence-electron chi connectivity index (χ1n) is 10.2. The number of benzene rings is 3.